The highest BCUT2D eigenvalue weighted by molar-refractivity contribution is 5.92. The molecular formula is C36H53N5O5. The van der Waals surface area contributed by atoms with Crippen LogP contribution in [0.25, 0.3) is 0 Å². The Labute approximate surface area is 274 Å². The summed E-state index contributed by atoms with van der Waals surface area (Å²) in [6, 6.07) is 14.2. The molecule has 0 bridgehead atoms. The van der Waals surface area contributed by atoms with Crippen LogP contribution in [0.5, 0.6) is 11.5 Å². The lowest BCUT2D eigenvalue weighted by Crippen LogP contribution is -2.54. The van der Waals surface area contributed by atoms with Gasteiger partial charge in [-0.1, -0.05) is 36.8 Å². The Balaban J connectivity index is 1.39. The molecular weight excluding hydrogens is 582 g/mol. The molecule has 2 atom stereocenters. The first-order chi connectivity index (χ1) is 22.3. The van der Waals surface area contributed by atoms with Gasteiger partial charge in [0.15, 0.2) is 0 Å². The molecule has 10 heteroatoms. The van der Waals surface area contributed by atoms with Crippen molar-refractivity contribution in [2.45, 2.75) is 76.9 Å². The molecule has 2 N–H and O–H groups in total. The summed E-state index contributed by atoms with van der Waals surface area (Å²) in [6.07, 6.45) is 6.94. The van der Waals surface area contributed by atoms with E-state index in [1.807, 2.05) is 42.5 Å². The van der Waals surface area contributed by atoms with Crippen LogP contribution in [-0.4, -0.2) is 105 Å². The highest BCUT2D eigenvalue weighted by Gasteiger charge is 2.30. The largest absolute Gasteiger partial charge is 0.497 e. The minimum atomic E-state index is -0.790. The van der Waals surface area contributed by atoms with Crippen molar-refractivity contribution in [2.24, 2.45) is 0 Å². The zero-order valence-corrected chi connectivity index (χ0v) is 28.0. The Morgan fingerprint density at radius 2 is 1.59 bits per heavy atom. The topological polar surface area (TPSA) is 103 Å². The lowest BCUT2D eigenvalue weighted by Gasteiger charge is -2.29. The molecule has 2 saturated heterocycles. The number of hydrogen-bond acceptors (Lipinski definition) is 7. The second kappa shape index (κ2) is 18.5. The number of methoxy groups -OCH3 is 1. The van der Waals surface area contributed by atoms with E-state index in [0.29, 0.717) is 45.5 Å². The Hall–Kier alpha value is -3.63. The van der Waals surface area contributed by atoms with Crippen LogP contribution in [0.1, 0.15) is 63.0 Å². The monoisotopic (exact) mass is 635 g/mol. The first-order valence-electron chi connectivity index (χ1n) is 17.0. The smallest absolute Gasteiger partial charge is 0.245 e. The molecule has 2 aromatic rings. The number of hydrogen-bond donors (Lipinski definition) is 2. The van der Waals surface area contributed by atoms with Gasteiger partial charge in [0.1, 0.15) is 23.6 Å². The summed E-state index contributed by atoms with van der Waals surface area (Å²) in [5, 5.41) is 5.98. The number of nitrogens with zero attached hydrogens (tertiary/aromatic N) is 3. The Morgan fingerprint density at radius 1 is 0.870 bits per heavy atom. The number of amides is 3. The molecule has 3 amide bonds. The minimum Gasteiger partial charge on any atom is -0.497 e. The zero-order valence-electron chi connectivity index (χ0n) is 28.0. The third-order valence-electron chi connectivity index (χ3n) is 9.06. The van der Waals surface area contributed by atoms with Crippen molar-refractivity contribution in [2.75, 3.05) is 60.0 Å². The van der Waals surface area contributed by atoms with E-state index in [9.17, 15) is 14.4 Å². The SMILES string of the molecule is COc1ccc(C[C@@H]2NC(=O)CCCN(Cc3ccccc3OCCCN3CCCCC3)CCCNC(=O)[C@H](C)N(C)C2=O)cc1. The van der Waals surface area contributed by atoms with Crippen LogP contribution in [0.4, 0.5) is 0 Å². The third-order valence-corrected chi connectivity index (χ3v) is 9.06. The summed E-state index contributed by atoms with van der Waals surface area (Å²) in [7, 11) is 3.22. The Morgan fingerprint density at radius 3 is 2.35 bits per heavy atom. The minimum absolute atomic E-state index is 0.176. The maximum Gasteiger partial charge on any atom is 0.245 e. The first-order valence-corrected chi connectivity index (χ1v) is 17.0. The third kappa shape index (κ3) is 11.0. The molecule has 0 spiro atoms. The van der Waals surface area contributed by atoms with Crippen LogP contribution in [0.15, 0.2) is 48.5 Å². The number of ether oxygens (including phenoxy) is 2. The van der Waals surface area contributed by atoms with E-state index in [1.54, 1.807) is 21.1 Å². The summed E-state index contributed by atoms with van der Waals surface area (Å²) in [6.45, 7) is 8.52. The molecule has 2 aliphatic heterocycles. The van der Waals surface area contributed by atoms with Crippen LogP contribution >= 0.6 is 0 Å². The van der Waals surface area contributed by atoms with Crippen molar-refractivity contribution in [3.63, 3.8) is 0 Å². The highest BCUT2D eigenvalue weighted by Crippen LogP contribution is 2.21. The van der Waals surface area contributed by atoms with Gasteiger partial charge in [0.25, 0.3) is 0 Å². The van der Waals surface area contributed by atoms with E-state index < -0.39 is 12.1 Å². The molecule has 0 aliphatic carbocycles. The summed E-state index contributed by atoms with van der Waals surface area (Å²) in [5.74, 6) is 0.936. The molecule has 46 heavy (non-hydrogen) atoms. The van der Waals surface area contributed by atoms with Gasteiger partial charge in [-0.25, -0.2) is 0 Å². The summed E-state index contributed by atoms with van der Waals surface area (Å²) in [4.78, 5) is 46.0. The van der Waals surface area contributed by atoms with Crippen molar-refractivity contribution in [1.29, 1.82) is 0 Å². The van der Waals surface area contributed by atoms with Crippen LogP contribution in [0, 0.1) is 0 Å². The number of likely N-dealkylation sites (tertiary alicyclic amines) is 1. The lowest BCUT2D eigenvalue weighted by atomic mass is 10.0. The van der Waals surface area contributed by atoms with Crippen molar-refractivity contribution in [1.82, 2.24) is 25.3 Å². The number of carbonyl (C=O) groups is 3. The summed E-state index contributed by atoms with van der Waals surface area (Å²) < 4.78 is 11.5. The van der Waals surface area contributed by atoms with Gasteiger partial charge >= 0.3 is 0 Å². The molecule has 252 valence electrons. The standard InChI is InChI=1S/C36H53N5O5/c1-28-35(43)37-19-10-23-41(27-30-12-5-6-13-33(30)46-25-11-24-40-20-7-4-8-21-40)22-9-14-34(42)38-32(36(44)39(28)2)26-29-15-17-31(45-3)18-16-29/h5-6,12-13,15-18,28,32H,4,7-11,14,19-27H2,1-3H3,(H,37,43)(H,38,42)/t28-,32-/m0/s1. The number of likely N-dealkylation sites (N-methyl/N-ethyl adjacent to an activating group) is 1. The van der Waals surface area contributed by atoms with E-state index >= 15 is 0 Å². The summed E-state index contributed by atoms with van der Waals surface area (Å²) in [5.41, 5.74) is 2.01. The maximum absolute atomic E-state index is 13.6. The second-order valence-electron chi connectivity index (χ2n) is 12.5. The van der Waals surface area contributed by atoms with Gasteiger partial charge in [0.05, 0.1) is 13.7 Å². The van der Waals surface area contributed by atoms with E-state index in [2.05, 4.69) is 26.5 Å². The maximum atomic E-state index is 13.6. The fraction of sp³-hybridized carbons (Fsp3) is 0.583. The normalized spacial score (nSPS) is 21.5. The van der Waals surface area contributed by atoms with Crippen molar-refractivity contribution in [3.8, 4) is 11.5 Å². The number of benzene rings is 2. The van der Waals surface area contributed by atoms with Gasteiger partial charge in [-0.3, -0.25) is 19.3 Å². The Kier molecular flexibility index (Phi) is 14.2. The number of carbonyl (C=O) groups excluding carboxylic acids is 3. The number of para-hydroxylation sites is 1. The molecule has 4 rings (SSSR count). The fourth-order valence-electron chi connectivity index (χ4n) is 6.14. The average Bonchev–Trinajstić information content (AvgIpc) is 3.08. The Bertz CT molecular complexity index is 1250. The number of rotatable bonds is 10. The molecule has 2 aromatic carbocycles. The zero-order chi connectivity index (χ0) is 32.7. The predicted octanol–water partition coefficient (Wildman–Crippen LogP) is 3.63. The van der Waals surface area contributed by atoms with Gasteiger partial charge < -0.3 is 29.9 Å². The molecule has 0 aromatic heterocycles. The van der Waals surface area contributed by atoms with Gasteiger partial charge in [0, 0.05) is 51.6 Å². The fourth-order valence-corrected chi connectivity index (χ4v) is 6.14. The van der Waals surface area contributed by atoms with Crippen LogP contribution in [0.2, 0.25) is 0 Å². The molecule has 2 aliphatic rings. The second-order valence-corrected chi connectivity index (χ2v) is 12.5. The first kappa shape index (κ1) is 35.2. The quantitative estimate of drug-likeness (QED) is 0.385. The van der Waals surface area contributed by atoms with E-state index in [-0.39, 0.29) is 17.7 Å². The van der Waals surface area contributed by atoms with Gasteiger partial charge in [-0.15, -0.1) is 0 Å². The highest BCUT2D eigenvalue weighted by atomic mass is 16.5. The molecule has 2 heterocycles. The van der Waals surface area contributed by atoms with Crippen LogP contribution < -0.4 is 20.1 Å². The molecule has 0 saturated carbocycles. The van der Waals surface area contributed by atoms with Crippen molar-refractivity contribution >= 4 is 17.7 Å². The van der Waals surface area contributed by atoms with E-state index in [0.717, 1.165) is 48.6 Å². The van der Waals surface area contributed by atoms with Crippen molar-refractivity contribution in [3.05, 3.63) is 59.7 Å². The molecule has 0 unspecified atom stereocenters. The van der Waals surface area contributed by atoms with Gasteiger partial charge in [-0.2, -0.15) is 0 Å². The van der Waals surface area contributed by atoms with Gasteiger partial charge in [-0.05, 0) is 82.4 Å². The molecule has 0 radical (unpaired) electrons. The van der Waals surface area contributed by atoms with Crippen LogP contribution in [0.3, 0.4) is 0 Å². The molecule has 2 fully saturated rings. The van der Waals surface area contributed by atoms with Crippen LogP contribution in [-0.2, 0) is 27.3 Å². The number of piperidine rings is 1. The number of nitrogens with one attached hydrogen (secondary N) is 2. The average molecular weight is 636 g/mol. The van der Waals surface area contributed by atoms with Gasteiger partial charge in [0.2, 0.25) is 17.7 Å². The van der Waals surface area contributed by atoms with Crippen molar-refractivity contribution < 1.29 is 23.9 Å². The lowest BCUT2D eigenvalue weighted by molar-refractivity contribution is -0.141. The van der Waals surface area contributed by atoms with E-state index in [4.69, 9.17) is 9.47 Å². The predicted molar refractivity (Wildman–Crippen MR) is 180 cm³/mol. The molecule has 10 nitrogen and oxygen atoms in total. The summed E-state index contributed by atoms with van der Waals surface area (Å²) >= 11 is 0. The van der Waals surface area contributed by atoms with E-state index in [1.165, 1.54) is 37.3 Å².